The molecule has 5 rings (SSSR count). The number of benzene rings is 3. The molecule has 2 aromatic heterocycles. The molecule has 5 aromatic rings. The Bertz CT molecular complexity index is 1480. The molecule has 3 aromatic carbocycles. The molecule has 0 atom stereocenters. The fourth-order valence-electron chi connectivity index (χ4n) is 3.92. The van der Waals surface area contributed by atoms with Crippen molar-refractivity contribution in [3.05, 3.63) is 112 Å². The van der Waals surface area contributed by atoms with E-state index in [1.54, 1.807) is 4.57 Å². The first kappa shape index (κ1) is 22.2. The highest BCUT2D eigenvalue weighted by Gasteiger charge is 2.13. The molecule has 0 unspecified atom stereocenters. The average Bonchev–Trinajstić information content (AvgIpc) is 3.54. The number of rotatable bonds is 8. The summed E-state index contributed by atoms with van der Waals surface area (Å²) in [4.78, 5) is 13.2. The molecular formula is C27H25N7O. The highest BCUT2D eigenvalue weighted by atomic mass is 16.2. The second-order valence-electron chi connectivity index (χ2n) is 8.19. The van der Waals surface area contributed by atoms with Crippen molar-refractivity contribution >= 4 is 6.08 Å². The van der Waals surface area contributed by atoms with Gasteiger partial charge in [0, 0.05) is 5.56 Å². The highest BCUT2D eigenvalue weighted by molar-refractivity contribution is 5.70. The van der Waals surface area contributed by atoms with E-state index in [0.717, 1.165) is 34.2 Å². The van der Waals surface area contributed by atoms with E-state index in [9.17, 15) is 4.79 Å². The predicted octanol–water partition coefficient (Wildman–Crippen LogP) is 4.41. The molecule has 0 saturated carbocycles. The summed E-state index contributed by atoms with van der Waals surface area (Å²) in [5.41, 5.74) is 4.95. The first-order valence-electron chi connectivity index (χ1n) is 11.5. The third-order valence-electron chi connectivity index (χ3n) is 5.72. The minimum atomic E-state index is -0.124. The summed E-state index contributed by atoms with van der Waals surface area (Å²) in [5, 5.41) is 18.8. The van der Waals surface area contributed by atoms with E-state index < -0.39 is 0 Å². The van der Waals surface area contributed by atoms with Crippen molar-refractivity contribution in [1.82, 2.24) is 35.0 Å². The standard InChI is InChI=1S/C27H25N7O/c1-2-3-12-25-30-34(19-20-8-5-4-6-9-20)27(35)33(25)18-21-13-15-22(16-14-21)23-10-7-11-24(17-23)26-28-31-32-29-26/h3-17H,2,18-19H2,1H3,(H,28,29,31,32). The normalized spacial score (nSPS) is 11.3. The second-order valence-corrected chi connectivity index (χ2v) is 8.19. The van der Waals surface area contributed by atoms with Crippen LogP contribution in [0.3, 0.4) is 0 Å². The first-order valence-corrected chi connectivity index (χ1v) is 11.5. The van der Waals surface area contributed by atoms with Crippen molar-refractivity contribution < 1.29 is 0 Å². The molecule has 8 heteroatoms. The summed E-state index contributed by atoms with van der Waals surface area (Å²) in [6.45, 7) is 2.95. The molecule has 8 nitrogen and oxygen atoms in total. The van der Waals surface area contributed by atoms with Crippen molar-refractivity contribution in [3.63, 3.8) is 0 Å². The van der Waals surface area contributed by atoms with E-state index in [0.29, 0.717) is 24.7 Å². The quantitative estimate of drug-likeness (QED) is 0.368. The van der Waals surface area contributed by atoms with Crippen LogP contribution in [0.25, 0.3) is 28.6 Å². The van der Waals surface area contributed by atoms with Gasteiger partial charge in [0.1, 0.15) is 0 Å². The fraction of sp³-hybridized carbons (Fsp3) is 0.148. The lowest BCUT2D eigenvalue weighted by Gasteiger charge is -2.07. The number of aromatic nitrogens is 7. The maximum absolute atomic E-state index is 13.2. The van der Waals surface area contributed by atoms with Crippen LogP contribution in [0.5, 0.6) is 0 Å². The minimum Gasteiger partial charge on any atom is -0.271 e. The highest BCUT2D eigenvalue weighted by Crippen LogP contribution is 2.24. The number of allylic oxidation sites excluding steroid dienone is 1. The van der Waals surface area contributed by atoms with Gasteiger partial charge < -0.3 is 0 Å². The van der Waals surface area contributed by atoms with Crippen LogP contribution < -0.4 is 5.69 Å². The molecule has 0 amide bonds. The molecule has 35 heavy (non-hydrogen) atoms. The molecule has 0 fully saturated rings. The van der Waals surface area contributed by atoms with Crippen molar-refractivity contribution in [2.45, 2.75) is 26.4 Å². The van der Waals surface area contributed by atoms with Crippen LogP contribution in [0.2, 0.25) is 0 Å². The van der Waals surface area contributed by atoms with Gasteiger partial charge in [0.15, 0.2) is 5.82 Å². The van der Waals surface area contributed by atoms with Crippen LogP contribution in [0, 0.1) is 0 Å². The summed E-state index contributed by atoms with van der Waals surface area (Å²) < 4.78 is 3.25. The molecule has 174 valence electrons. The van der Waals surface area contributed by atoms with Crippen LogP contribution in [0.1, 0.15) is 30.3 Å². The third-order valence-corrected chi connectivity index (χ3v) is 5.72. The Labute approximate surface area is 202 Å². The minimum absolute atomic E-state index is 0.124. The molecule has 0 radical (unpaired) electrons. The number of H-pyrrole nitrogens is 1. The van der Waals surface area contributed by atoms with Crippen molar-refractivity contribution in [2.75, 3.05) is 0 Å². The van der Waals surface area contributed by atoms with Gasteiger partial charge in [-0.1, -0.05) is 85.8 Å². The van der Waals surface area contributed by atoms with Gasteiger partial charge in [-0.15, -0.1) is 15.3 Å². The van der Waals surface area contributed by atoms with Crippen LogP contribution in [-0.4, -0.2) is 35.0 Å². The zero-order valence-corrected chi connectivity index (χ0v) is 19.4. The summed E-state index contributed by atoms with van der Waals surface area (Å²) >= 11 is 0. The van der Waals surface area contributed by atoms with E-state index in [2.05, 4.69) is 44.8 Å². The van der Waals surface area contributed by atoms with Gasteiger partial charge in [-0.2, -0.15) is 5.21 Å². The Kier molecular flexibility index (Phi) is 6.43. The Morgan fingerprint density at radius 1 is 0.857 bits per heavy atom. The van der Waals surface area contributed by atoms with Crippen molar-refractivity contribution in [3.8, 4) is 22.5 Å². The Hall–Kier alpha value is -4.59. The van der Waals surface area contributed by atoms with Gasteiger partial charge in [0.05, 0.1) is 13.1 Å². The summed E-state index contributed by atoms with van der Waals surface area (Å²) in [7, 11) is 0. The Morgan fingerprint density at radius 3 is 2.37 bits per heavy atom. The Balaban J connectivity index is 1.40. The zero-order chi connectivity index (χ0) is 24.0. The molecule has 0 spiro atoms. The van der Waals surface area contributed by atoms with Gasteiger partial charge >= 0.3 is 5.69 Å². The average molecular weight is 464 g/mol. The van der Waals surface area contributed by atoms with E-state index >= 15 is 0 Å². The smallest absolute Gasteiger partial charge is 0.271 e. The lowest BCUT2D eigenvalue weighted by atomic mass is 10.0. The molecule has 2 heterocycles. The van der Waals surface area contributed by atoms with E-state index in [1.807, 2.05) is 78.9 Å². The fourth-order valence-corrected chi connectivity index (χ4v) is 3.92. The monoisotopic (exact) mass is 463 g/mol. The van der Waals surface area contributed by atoms with Gasteiger partial charge in [-0.3, -0.25) is 4.57 Å². The van der Waals surface area contributed by atoms with Gasteiger partial charge in [0.25, 0.3) is 0 Å². The largest absolute Gasteiger partial charge is 0.346 e. The van der Waals surface area contributed by atoms with Crippen LogP contribution in [0.4, 0.5) is 0 Å². The summed E-state index contributed by atoms with van der Waals surface area (Å²) in [6.07, 6.45) is 4.81. The Morgan fingerprint density at radius 2 is 1.63 bits per heavy atom. The lowest BCUT2D eigenvalue weighted by molar-refractivity contribution is 0.637. The molecule has 0 aliphatic heterocycles. The van der Waals surface area contributed by atoms with Crippen LogP contribution >= 0.6 is 0 Å². The van der Waals surface area contributed by atoms with Gasteiger partial charge in [-0.05, 0) is 46.0 Å². The molecule has 1 N–H and O–H groups in total. The molecule has 0 aliphatic rings. The van der Waals surface area contributed by atoms with E-state index in [1.165, 1.54) is 4.68 Å². The van der Waals surface area contributed by atoms with Crippen LogP contribution in [-0.2, 0) is 13.1 Å². The first-order chi connectivity index (χ1) is 17.2. The number of tetrazole rings is 1. The molecule has 0 saturated heterocycles. The number of aromatic amines is 1. The maximum atomic E-state index is 13.2. The number of nitrogens with zero attached hydrogens (tertiary/aromatic N) is 6. The van der Waals surface area contributed by atoms with Crippen LogP contribution in [0.15, 0.2) is 89.7 Å². The maximum Gasteiger partial charge on any atom is 0.346 e. The number of hydrogen-bond acceptors (Lipinski definition) is 5. The number of hydrogen-bond donors (Lipinski definition) is 1. The third kappa shape index (κ3) is 5.01. The van der Waals surface area contributed by atoms with Gasteiger partial charge in [-0.25, -0.2) is 9.48 Å². The summed E-state index contributed by atoms with van der Waals surface area (Å²) in [5.74, 6) is 1.22. The van der Waals surface area contributed by atoms with Crippen molar-refractivity contribution in [1.29, 1.82) is 0 Å². The lowest BCUT2D eigenvalue weighted by Crippen LogP contribution is -2.26. The van der Waals surface area contributed by atoms with E-state index in [4.69, 9.17) is 0 Å². The second kappa shape index (κ2) is 10.1. The molecular weight excluding hydrogens is 438 g/mol. The van der Waals surface area contributed by atoms with Crippen molar-refractivity contribution in [2.24, 2.45) is 0 Å². The zero-order valence-electron chi connectivity index (χ0n) is 19.4. The van der Waals surface area contributed by atoms with Gasteiger partial charge in [0.2, 0.25) is 5.82 Å². The molecule has 0 aliphatic carbocycles. The topological polar surface area (TPSA) is 94.3 Å². The summed E-state index contributed by atoms with van der Waals surface area (Å²) in [6, 6.07) is 26.1. The number of nitrogens with one attached hydrogen (secondary N) is 1. The predicted molar refractivity (Wildman–Crippen MR) is 136 cm³/mol. The molecule has 0 bridgehead atoms. The van der Waals surface area contributed by atoms with E-state index in [-0.39, 0.29) is 5.69 Å². The SMILES string of the molecule is CCC=Cc1nn(Cc2ccccc2)c(=O)n1Cc1ccc(-c2cccc(-c3nn[nH]n3)c2)cc1.